The van der Waals surface area contributed by atoms with Crippen LogP contribution in [0.1, 0.15) is 5.56 Å². The van der Waals surface area contributed by atoms with E-state index in [1.807, 2.05) is 0 Å². The number of aliphatic carboxylic acids is 1. The third kappa shape index (κ3) is 5.09. The largest absolute Gasteiger partial charge is 0.497 e. The highest BCUT2D eigenvalue weighted by Crippen LogP contribution is 2.25. The lowest BCUT2D eigenvalue weighted by Gasteiger charge is -2.15. The number of nitrogens with one attached hydrogen (secondary N) is 1. The standard InChI is InChI=1S/C16H15Cl2NO5S/c1-24-11-4-2-10(3-5-11)8-15(16(20)21)19-25(22,23)12-6-7-13(17)14(18)9-12/h2-7,9,15,19H,8H2,1H3,(H,20,21)/t15-/m0/s1. The summed E-state index contributed by atoms with van der Waals surface area (Å²) in [6.45, 7) is 0. The summed E-state index contributed by atoms with van der Waals surface area (Å²) in [6, 6.07) is 9.08. The molecule has 0 unspecified atom stereocenters. The van der Waals surface area contributed by atoms with Crippen LogP contribution in [0.5, 0.6) is 5.75 Å². The first kappa shape index (κ1) is 19.5. The van der Waals surface area contributed by atoms with Gasteiger partial charge in [-0.1, -0.05) is 35.3 Å². The van der Waals surface area contributed by atoms with E-state index in [-0.39, 0.29) is 21.4 Å². The highest BCUT2D eigenvalue weighted by molar-refractivity contribution is 7.89. The maximum atomic E-state index is 12.4. The number of hydrogen-bond donors (Lipinski definition) is 2. The maximum Gasteiger partial charge on any atom is 0.322 e. The molecule has 0 spiro atoms. The van der Waals surface area contributed by atoms with Crippen LogP contribution < -0.4 is 9.46 Å². The summed E-state index contributed by atoms with van der Waals surface area (Å²) in [6.07, 6.45) is -0.0279. The first-order valence-electron chi connectivity index (χ1n) is 7.06. The molecule has 25 heavy (non-hydrogen) atoms. The summed E-state index contributed by atoms with van der Waals surface area (Å²) < 4.78 is 32.0. The Bertz CT molecular complexity index is 869. The van der Waals surface area contributed by atoms with Gasteiger partial charge in [-0.25, -0.2) is 8.42 Å². The third-order valence-corrected chi connectivity index (χ3v) is 5.60. The van der Waals surface area contributed by atoms with Crippen LogP contribution in [0.15, 0.2) is 47.4 Å². The van der Waals surface area contributed by atoms with E-state index < -0.39 is 22.0 Å². The van der Waals surface area contributed by atoms with E-state index in [1.54, 1.807) is 24.3 Å². The first-order valence-corrected chi connectivity index (χ1v) is 9.30. The minimum atomic E-state index is -4.08. The van der Waals surface area contributed by atoms with E-state index in [2.05, 4.69) is 4.72 Å². The van der Waals surface area contributed by atoms with Gasteiger partial charge in [0, 0.05) is 0 Å². The van der Waals surface area contributed by atoms with Crippen LogP contribution in [-0.2, 0) is 21.2 Å². The Labute approximate surface area is 155 Å². The predicted octanol–water partition coefficient (Wildman–Crippen LogP) is 2.98. The van der Waals surface area contributed by atoms with Gasteiger partial charge in [-0.05, 0) is 42.3 Å². The molecule has 2 aromatic rings. The average Bonchev–Trinajstić information content (AvgIpc) is 2.57. The molecule has 0 fully saturated rings. The Kier molecular flexibility index (Phi) is 6.29. The van der Waals surface area contributed by atoms with Gasteiger partial charge in [-0.15, -0.1) is 0 Å². The number of methoxy groups -OCH3 is 1. The van der Waals surface area contributed by atoms with E-state index in [1.165, 1.54) is 25.3 Å². The van der Waals surface area contributed by atoms with E-state index in [0.717, 1.165) is 0 Å². The molecule has 0 aliphatic rings. The number of hydrogen-bond acceptors (Lipinski definition) is 4. The van der Waals surface area contributed by atoms with Crippen molar-refractivity contribution in [1.82, 2.24) is 4.72 Å². The van der Waals surface area contributed by atoms with Crippen LogP contribution in [0.4, 0.5) is 0 Å². The summed E-state index contributed by atoms with van der Waals surface area (Å²) >= 11 is 11.6. The third-order valence-electron chi connectivity index (χ3n) is 3.40. The summed E-state index contributed by atoms with van der Waals surface area (Å²) in [4.78, 5) is 11.3. The average molecular weight is 404 g/mol. The van der Waals surface area contributed by atoms with Crippen molar-refractivity contribution >= 4 is 39.2 Å². The number of carboxylic acids is 1. The van der Waals surface area contributed by atoms with Crippen LogP contribution in [0.2, 0.25) is 10.0 Å². The van der Waals surface area contributed by atoms with Gasteiger partial charge in [0.2, 0.25) is 10.0 Å². The van der Waals surface area contributed by atoms with Gasteiger partial charge in [0.05, 0.1) is 22.1 Å². The second-order valence-electron chi connectivity index (χ2n) is 5.14. The molecule has 1 atom stereocenters. The van der Waals surface area contributed by atoms with E-state index in [4.69, 9.17) is 27.9 Å². The van der Waals surface area contributed by atoms with Crippen LogP contribution in [0.25, 0.3) is 0 Å². The van der Waals surface area contributed by atoms with E-state index >= 15 is 0 Å². The molecule has 9 heteroatoms. The Balaban J connectivity index is 2.22. The van der Waals surface area contributed by atoms with Crippen molar-refractivity contribution in [3.8, 4) is 5.75 Å². The molecule has 6 nitrogen and oxygen atoms in total. The van der Waals surface area contributed by atoms with Gasteiger partial charge in [0.1, 0.15) is 11.8 Å². The van der Waals surface area contributed by atoms with Crippen molar-refractivity contribution in [3.05, 3.63) is 58.1 Å². The zero-order chi connectivity index (χ0) is 18.6. The first-order chi connectivity index (χ1) is 11.7. The Morgan fingerprint density at radius 1 is 1.16 bits per heavy atom. The van der Waals surface area contributed by atoms with E-state index in [9.17, 15) is 18.3 Å². The smallest absolute Gasteiger partial charge is 0.322 e. The molecule has 0 amide bonds. The molecular formula is C16H15Cl2NO5S. The topological polar surface area (TPSA) is 92.7 Å². The number of halogens is 2. The van der Waals surface area contributed by atoms with Crippen molar-refractivity contribution in [2.24, 2.45) is 0 Å². The number of carbonyl (C=O) groups is 1. The van der Waals surface area contributed by atoms with Crippen LogP contribution in [-0.4, -0.2) is 32.6 Å². The molecule has 134 valence electrons. The lowest BCUT2D eigenvalue weighted by atomic mass is 10.1. The molecule has 0 saturated heterocycles. The second kappa shape index (κ2) is 8.05. The zero-order valence-corrected chi connectivity index (χ0v) is 15.4. The molecule has 0 aliphatic carbocycles. The maximum absolute atomic E-state index is 12.4. The van der Waals surface area contributed by atoms with Crippen molar-refractivity contribution in [3.63, 3.8) is 0 Å². The number of sulfonamides is 1. The quantitative estimate of drug-likeness (QED) is 0.740. The SMILES string of the molecule is COc1ccc(C[C@H](NS(=O)(=O)c2ccc(Cl)c(Cl)c2)C(=O)O)cc1. The molecule has 0 saturated carbocycles. The second-order valence-corrected chi connectivity index (χ2v) is 7.67. The fourth-order valence-electron chi connectivity index (χ4n) is 2.08. The monoisotopic (exact) mass is 403 g/mol. The molecule has 2 aromatic carbocycles. The van der Waals surface area contributed by atoms with Crippen LogP contribution in [0.3, 0.4) is 0 Å². The molecule has 0 bridgehead atoms. The van der Waals surface area contributed by atoms with Gasteiger partial charge in [0.25, 0.3) is 0 Å². The van der Waals surface area contributed by atoms with Crippen molar-refractivity contribution in [2.45, 2.75) is 17.4 Å². The molecule has 0 aliphatic heterocycles. The van der Waals surface area contributed by atoms with Gasteiger partial charge in [-0.3, -0.25) is 4.79 Å². The van der Waals surface area contributed by atoms with Crippen molar-refractivity contribution in [2.75, 3.05) is 7.11 Å². The van der Waals surface area contributed by atoms with Gasteiger partial charge in [-0.2, -0.15) is 4.72 Å². The van der Waals surface area contributed by atoms with Gasteiger partial charge < -0.3 is 9.84 Å². The molecule has 0 heterocycles. The van der Waals surface area contributed by atoms with Crippen LogP contribution in [0, 0.1) is 0 Å². The summed E-state index contributed by atoms with van der Waals surface area (Å²) in [5.41, 5.74) is 0.644. The molecule has 0 radical (unpaired) electrons. The summed E-state index contributed by atoms with van der Waals surface area (Å²) in [5.74, 6) is -0.675. The summed E-state index contributed by atoms with van der Waals surface area (Å²) in [7, 11) is -2.56. The Morgan fingerprint density at radius 3 is 2.32 bits per heavy atom. The normalized spacial score (nSPS) is 12.6. The van der Waals surface area contributed by atoms with Gasteiger partial charge in [0.15, 0.2) is 0 Å². The van der Waals surface area contributed by atoms with Crippen LogP contribution >= 0.6 is 23.2 Å². The van der Waals surface area contributed by atoms with Gasteiger partial charge >= 0.3 is 5.97 Å². The highest BCUT2D eigenvalue weighted by atomic mass is 35.5. The number of rotatable bonds is 7. The predicted molar refractivity (Wildman–Crippen MR) is 94.9 cm³/mol. The molecule has 2 rings (SSSR count). The fourth-order valence-corrected chi connectivity index (χ4v) is 3.65. The number of ether oxygens (including phenoxy) is 1. The number of benzene rings is 2. The highest BCUT2D eigenvalue weighted by Gasteiger charge is 2.26. The Morgan fingerprint density at radius 2 is 1.80 bits per heavy atom. The molecule has 2 N–H and O–H groups in total. The number of carboxylic acid groups (broad SMARTS) is 1. The molecule has 0 aromatic heterocycles. The fraction of sp³-hybridized carbons (Fsp3) is 0.188. The zero-order valence-electron chi connectivity index (χ0n) is 13.1. The lowest BCUT2D eigenvalue weighted by molar-refractivity contribution is -0.138. The Hall–Kier alpha value is -1.80. The van der Waals surface area contributed by atoms with Crippen molar-refractivity contribution < 1.29 is 23.1 Å². The minimum Gasteiger partial charge on any atom is -0.497 e. The van der Waals surface area contributed by atoms with Crippen molar-refractivity contribution in [1.29, 1.82) is 0 Å². The molecular weight excluding hydrogens is 389 g/mol. The van der Waals surface area contributed by atoms with E-state index in [0.29, 0.717) is 11.3 Å². The minimum absolute atomic E-state index is 0.0279. The lowest BCUT2D eigenvalue weighted by Crippen LogP contribution is -2.42. The summed E-state index contributed by atoms with van der Waals surface area (Å²) in [5, 5.41) is 9.61.